The van der Waals surface area contributed by atoms with Crippen LogP contribution in [0.1, 0.15) is 9.75 Å². The van der Waals surface area contributed by atoms with Gasteiger partial charge in [-0.2, -0.15) is 0 Å². The van der Waals surface area contributed by atoms with E-state index in [4.69, 9.17) is 5.11 Å². The van der Waals surface area contributed by atoms with Crippen LogP contribution in [-0.2, 0) is 6.54 Å². The fourth-order valence-corrected chi connectivity index (χ4v) is 1.97. The van der Waals surface area contributed by atoms with E-state index in [-0.39, 0.29) is 6.61 Å². The van der Waals surface area contributed by atoms with E-state index >= 15 is 0 Å². The van der Waals surface area contributed by atoms with Crippen molar-refractivity contribution in [3.63, 3.8) is 0 Å². The summed E-state index contributed by atoms with van der Waals surface area (Å²) in [7, 11) is 4.08. The van der Waals surface area contributed by atoms with Crippen molar-refractivity contribution >= 4 is 11.3 Å². The molecule has 0 fully saturated rings. The zero-order chi connectivity index (χ0) is 9.68. The summed E-state index contributed by atoms with van der Waals surface area (Å²) >= 11 is 1.67. The van der Waals surface area contributed by atoms with Gasteiger partial charge in [0.2, 0.25) is 0 Å². The molecule has 0 aliphatic carbocycles. The summed E-state index contributed by atoms with van der Waals surface area (Å²) in [5.74, 6) is 5.52. The zero-order valence-electron chi connectivity index (χ0n) is 7.87. The van der Waals surface area contributed by atoms with Crippen LogP contribution in [0, 0.1) is 11.8 Å². The second kappa shape index (κ2) is 5.03. The van der Waals surface area contributed by atoms with Crippen molar-refractivity contribution in [1.29, 1.82) is 0 Å². The summed E-state index contributed by atoms with van der Waals surface area (Å²) in [4.78, 5) is 4.44. The van der Waals surface area contributed by atoms with E-state index in [0.29, 0.717) is 0 Å². The second-order valence-electron chi connectivity index (χ2n) is 2.96. The Balaban J connectivity index is 2.63. The lowest BCUT2D eigenvalue weighted by molar-refractivity contribution is 0.350. The first kappa shape index (κ1) is 10.3. The Morgan fingerprint density at radius 1 is 1.46 bits per heavy atom. The van der Waals surface area contributed by atoms with Crippen LogP contribution in [-0.4, -0.2) is 30.7 Å². The molecule has 0 atom stereocenters. The largest absolute Gasteiger partial charge is 0.384 e. The first-order valence-corrected chi connectivity index (χ1v) is 4.87. The Morgan fingerprint density at radius 3 is 2.85 bits per heavy atom. The molecule has 0 spiro atoms. The van der Waals surface area contributed by atoms with Gasteiger partial charge in [-0.25, -0.2) is 0 Å². The van der Waals surface area contributed by atoms with E-state index in [1.807, 2.05) is 20.2 Å². The number of nitrogens with zero attached hydrogens (tertiary/aromatic N) is 1. The minimum absolute atomic E-state index is 0.0685. The summed E-state index contributed by atoms with van der Waals surface area (Å²) < 4.78 is 0. The fraction of sp³-hybridized carbons (Fsp3) is 0.400. The standard InChI is InChI=1S/C10H13NOS/c1-11(2)8-10-6-5-9(13-10)4-3-7-12/h5-6,12H,7-8H2,1-2H3. The molecule has 1 rings (SSSR count). The van der Waals surface area contributed by atoms with Gasteiger partial charge in [0.15, 0.2) is 0 Å². The number of hydrogen-bond acceptors (Lipinski definition) is 3. The number of hydrogen-bond donors (Lipinski definition) is 1. The predicted molar refractivity (Wildman–Crippen MR) is 55.7 cm³/mol. The highest BCUT2D eigenvalue weighted by Crippen LogP contribution is 2.16. The SMILES string of the molecule is CN(C)Cc1ccc(C#CCO)s1. The topological polar surface area (TPSA) is 23.5 Å². The summed E-state index contributed by atoms with van der Waals surface area (Å²) in [6.07, 6.45) is 0. The van der Waals surface area contributed by atoms with E-state index < -0.39 is 0 Å². The van der Waals surface area contributed by atoms with E-state index in [1.54, 1.807) is 11.3 Å². The lowest BCUT2D eigenvalue weighted by Crippen LogP contribution is -2.09. The minimum atomic E-state index is -0.0685. The van der Waals surface area contributed by atoms with Crippen molar-refractivity contribution in [2.75, 3.05) is 20.7 Å². The molecule has 1 N–H and O–H groups in total. The minimum Gasteiger partial charge on any atom is -0.384 e. The number of thiophene rings is 1. The molecule has 0 saturated carbocycles. The Morgan fingerprint density at radius 2 is 2.23 bits per heavy atom. The number of rotatable bonds is 2. The summed E-state index contributed by atoms with van der Waals surface area (Å²) in [5.41, 5.74) is 0. The molecule has 2 nitrogen and oxygen atoms in total. The molecule has 1 heterocycles. The van der Waals surface area contributed by atoms with Gasteiger partial charge in [0, 0.05) is 11.4 Å². The molecular weight excluding hydrogens is 182 g/mol. The third-order valence-electron chi connectivity index (χ3n) is 1.42. The Hall–Kier alpha value is -0.820. The quantitative estimate of drug-likeness (QED) is 0.716. The molecule has 13 heavy (non-hydrogen) atoms. The molecular formula is C10H13NOS. The molecule has 0 aliphatic rings. The fourth-order valence-electron chi connectivity index (χ4n) is 0.968. The van der Waals surface area contributed by atoms with Gasteiger partial charge in [-0.15, -0.1) is 11.3 Å². The first-order valence-electron chi connectivity index (χ1n) is 4.05. The van der Waals surface area contributed by atoms with E-state index in [0.717, 1.165) is 11.4 Å². The molecule has 3 heteroatoms. The molecule has 0 saturated heterocycles. The summed E-state index contributed by atoms with van der Waals surface area (Å²) in [5, 5.41) is 8.50. The van der Waals surface area contributed by atoms with Crippen molar-refractivity contribution in [3.05, 3.63) is 21.9 Å². The lowest BCUT2D eigenvalue weighted by Gasteiger charge is -2.05. The molecule has 1 aromatic rings. The van der Waals surface area contributed by atoms with Crippen LogP contribution in [0.5, 0.6) is 0 Å². The zero-order valence-corrected chi connectivity index (χ0v) is 8.69. The lowest BCUT2D eigenvalue weighted by atomic mass is 10.4. The average molecular weight is 195 g/mol. The van der Waals surface area contributed by atoms with Gasteiger partial charge < -0.3 is 10.0 Å². The highest BCUT2D eigenvalue weighted by Gasteiger charge is 1.98. The van der Waals surface area contributed by atoms with Crippen molar-refractivity contribution in [2.24, 2.45) is 0 Å². The van der Waals surface area contributed by atoms with Crippen LogP contribution in [0.25, 0.3) is 0 Å². The maximum Gasteiger partial charge on any atom is 0.104 e. The van der Waals surface area contributed by atoms with E-state index in [9.17, 15) is 0 Å². The highest BCUT2D eigenvalue weighted by molar-refractivity contribution is 7.12. The Kier molecular flexibility index (Phi) is 3.97. The molecule has 0 aromatic carbocycles. The van der Waals surface area contributed by atoms with Gasteiger partial charge >= 0.3 is 0 Å². The number of aliphatic hydroxyl groups is 1. The van der Waals surface area contributed by atoms with Crippen LogP contribution in [0.3, 0.4) is 0 Å². The van der Waals surface area contributed by atoms with E-state index in [2.05, 4.69) is 22.8 Å². The Labute approximate surface area is 82.8 Å². The summed E-state index contributed by atoms with van der Waals surface area (Å²) in [6.45, 7) is 0.881. The van der Waals surface area contributed by atoms with Crippen LogP contribution in [0.15, 0.2) is 12.1 Å². The third kappa shape index (κ3) is 3.60. The molecule has 0 unspecified atom stereocenters. The maximum atomic E-state index is 8.50. The van der Waals surface area contributed by atoms with E-state index in [1.165, 1.54) is 4.88 Å². The normalized spacial score (nSPS) is 9.85. The number of aliphatic hydroxyl groups excluding tert-OH is 1. The van der Waals surface area contributed by atoms with Gasteiger partial charge in [-0.3, -0.25) is 0 Å². The maximum absolute atomic E-state index is 8.50. The van der Waals surface area contributed by atoms with Gasteiger partial charge in [0.25, 0.3) is 0 Å². The van der Waals surface area contributed by atoms with Crippen LogP contribution in [0.4, 0.5) is 0 Å². The average Bonchev–Trinajstić information content (AvgIpc) is 2.48. The van der Waals surface area contributed by atoms with Crippen molar-refractivity contribution in [2.45, 2.75) is 6.54 Å². The van der Waals surface area contributed by atoms with Crippen LogP contribution >= 0.6 is 11.3 Å². The van der Waals surface area contributed by atoms with Crippen molar-refractivity contribution < 1.29 is 5.11 Å². The molecule has 1 aromatic heterocycles. The molecule has 0 radical (unpaired) electrons. The second-order valence-corrected chi connectivity index (χ2v) is 4.13. The molecule has 0 bridgehead atoms. The monoisotopic (exact) mass is 195 g/mol. The van der Waals surface area contributed by atoms with Gasteiger partial charge in [-0.05, 0) is 26.2 Å². The van der Waals surface area contributed by atoms with Crippen LogP contribution in [0.2, 0.25) is 0 Å². The van der Waals surface area contributed by atoms with Crippen molar-refractivity contribution in [1.82, 2.24) is 4.90 Å². The molecule has 0 amide bonds. The van der Waals surface area contributed by atoms with Gasteiger partial charge in [-0.1, -0.05) is 11.8 Å². The smallest absolute Gasteiger partial charge is 0.104 e. The molecule has 70 valence electrons. The third-order valence-corrected chi connectivity index (χ3v) is 2.41. The van der Waals surface area contributed by atoms with Gasteiger partial charge in [0.1, 0.15) is 6.61 Å². The first-order chi connectivity index (χ1) is 6.22. The van der Waals surface area contributed by atoms with Crippen LogP contribution < -0.4 is 0 Å². The highest BCUT2D eigenvalue weighted by atomic mass is 32.1. The Bertz CT molecular complexity index is 319. The molecule has 0 aliphatic heterocycles. The van der Waals surface area contributed by atoms with Gasteiger partial charge in [0.05, 0.1) is 4.88 Å². The predicted octanol–water partition coefficient (Wildman–Crippen LogP) is 1.15. The summed E-state index contributed by atoms with van der Waals surface area (Å²) in [6, 6.07) is 4.07. The van der Waals surface area contributed by atoms with Crippen molar-refractivity contribution in [3.8, 4) is 11.8 Å².